The van der Waals surface area contributed by atoms with E-state index in [1.165, 1.54) is 19.2 Å². The molecule has 0 spiro atoms. The summed E-state index contributed by atoms with van der Waals surface area (Å²) in [4.78, 5) is 41.0. The first-order chi connectivity index (χ1) is 11.6. The molecule has 2 aromatic rings. The van der Waals surface area contributed by atoms with Crippen molar-refractivity contribution in [3.63, 3.8) is 0 Å². The lowest BCUT2D eigenvalue weighted by molar-refractivity contribution is 0.0597. The Bertz CT molecular complexity index is 815. The first kappa shape index (κ1) is 16.1. The van der Waals surface area contributed by atoms with E-state index in [0.29, 0.717) is 28.7 Å². The van der Waals surface area contributed by atoms with Gasteiger partial charge in [-0.2, -0.15) is 0 Å². The number of carbonyl (C=O) groups excluding carboxylic acids is 3. The van der Waals surface area contributed by atoms with E-state index in [4.69, 9.17) is 0 Å². The van der Waals surface area contributed by atoms with Gasteiger partial charge in [0.2, 0.25) is 0 Å². The predicted molar refractivity (Wildman–Crippen MR) is 88.5 cm³/mol. The number of esters is 1. The van der Waals surface area contributed by atoms with Gasteiger partial charge in [-0.1, -0.05) is 23.5 Å². The maximum Gasteiger partial charge on any atom is 0.338 e. The van der Waals surface area contributed by atoms with Crippen molar-refractivity contribution in [1.82, 2.24) is 10.3 Å². The van der Waals surface area contributed by atoms with Crippen LogP contribution in [0, 0.1) is 0 Å². The summed E-state index contributed by atoms with van der Waals surface area (Å²) in [6.45, 7) is 0.621. The van der Waals surface area contributed by atoms with Gasteiger partial charge in [0, 0.05) is 6.54 Å². The van der Waals surface area contributed by atoms with Crippen molar-refractivity contribution >= 4 is 34.3 Å². The highest BCUT2D eigenvalue weighted by molar-refractivity contribution is 7.17. The molecule has 2 N–H and O–H groups in total. The molecule has 0 saturated heterocycles. The molecule has 1 aliphatic heterocycles. The molecule has 0 atom stereocenters. The number of hydrogen-bond acceptors (Lipinski definition) is 6. The molecule has 0 saturated carbocycles. The molecular formula is C16H15N3O4S. The Kier molecular flexibility index (Phi) is 4.57. The molecule has 1 aliphatic rings. The highest BCUT2D eigenvalue weighted by Gasteiger charge is 2.23. The quantitative estimate of drug-likeness (QED) is 0.828. The topological polar surface area (TPSA) is 97.4 Å². The third-order valence-corrected chi connectivity index (χ3v) is 4.59. The van der Waals surface area contributed by atoms with Crippen molar-refractivity contribution in [2.45, 2.75) is 12.8 Å². The van der Waals surface area contributed by atoms with Crippen LogP contribution in [0.2, 0.25) is 0 Å². The van der Waals surface area contributed by atoms with E-state index in [1.807, 2.05) is 0 Å². The Hall–Kier alpha value is -2.74. The van der Waals surface area contributed by atoms with Crippen molar-refractivity contribution in [3.8, 4) is 0 Å². The van der Waals surface area contributed by atoms with Crippen LogP contribution in [0.1, 0.15) is 42.5 Å². The standard InChI is InChI=1S/C16H15N3O4S/c1-23-15(22)10-6-3-2-5-9(10)13(20)19-16-18-11-7-4-8-17-14(21)12(11)24-16/h2-3,5-6H,4,7-8H2,1H3,(H,17,21)(H,18,19,20). The van der Waals surface area contributed by atoms with E-state index in [9.17, 15) is 14.4 Å². The van der Waals surface area contributed by atoms with E-state index in [1.54, 1.807) is 12.1 Å². The third kappa shape index (κ3) is 3.13. The summed E-state index contributed by atoms with van der Waals surface area (Å²) in [6, 6.07) is 6.36. The molecule has 1 aromatic carbocycles. The van der Waals surface area contributed by atoms with Crippen LogP contribution < -0.4 is 10.6 Å². The van der Waals surface area contributed by atoms with Gasteiger partial charge in [-0.3, -0.25) is 14.9 Å². The van der Waals surface area contributed by atoms with Crippen LogP contribution in [-0.4, -0.2) is 36.4 Å². The van der Waals surface area contributed by atoms with Gasteiger partial charge in [-0.25, -0.2) is 9.78 Å². The Morgan fingerprint density at radius 1 is 1.29 bits per heavy atom. The molecule has 0 bridgehead atoms. The number of amides is 2. The molecule has 0 fully saturated rings. The molecular weight excluding hydrogens is 330 g/mol. The van der Waals surface area contributed by atoms with Gasteiger partial charge in [-0.15, -0.1) is 0 Å². The molecule has 2 amide bonds. The van der Waals surface area contributed by atoms with E-state index in [2.05, 4.69) is 20.4 Å². The van der Waals surface area contributed by atoms with Gasteiger partial charge in [0.05, 0.1) is 23.9 Å². The van der Waals surface area contributed by atoms with E-state index in [-0.39, 0.29) is 17.0 Å². The molecule has 2 heterocycles. The zero-order chi connectivity index (χ0) is 17.1. The lowest BCUT2D eigenvalue weighted by atomic mass is 10.1. The minimum absolute atomic E-state index is 0.171. The van der Waals surface area contributed by atoms with E-state index < -0.39 is 11.9 Å². The van der Waals surface area contributed by atoms with Crippen molar-refractivity contribution in [2.24, 2.45) is 0 Å². The van der Waals surface area contributed by atoms with Gasteiger partial charge < -0.3 is 10.1 Å². The van der Waals surface area contributed by atoms with Gasteiger partial charge >= 0.3 is 5.97 Å². The SMILES string of the molecule is COC(=O)c1ccccc1C(=O)Nc1nc2c(s1)C(=O)NCCC2. The molecule has 0 radical (unpaired) electrons. The lowest BCUT2D eigenvalue weighted by Gasteiger charge is -2.07. The van der Waals surface area contributed by atoms with Crippen molar-refractivity contribution in [2.75, 3.05) is 19.0 Å². The number of carbonyl (C=O) groups is 3. The minimum atomic E-state index is -0.588. The highest BCUT2D eigenvalue weighted by atomic mass is 32.1. The zero-order valence-electron chi connectivity index (χ0n) is 12.9. The maximum absolute atomic E-state index is 12.5. The van der Waals surface area contributed by atoms with Crippen LogP contribution in [0.3, 0.4) is 0 Å². The monoisotopic (exact) mass is 345 g/mol. The first-order valence-corrected chi connectivity index (χ1v) is 8.18. The average Bonchev–Trinajstić information content (AvgIpc) is 2.92. The summed E-state index contributed by atoms with van der Waals surface area (Å²) in [7, 11) is 1.26. The molecule has 124 valence electrons. The number of anilines is 1. The Labute approximate surface area is 142 Å². The fraction of sp³-hybridized carbons (Fsp3) is 0.250. The van der Waals surface area contributed by atoms with E-state index >= 15 is 0 Å². The maximum atomic E-state index is 12.5. The number of hydrogen-bond donors (Lipinski definition) is 2. The second-order valence-electron chi connectivity index (χ2n) is 5.15. The second kappa shape index (κ2) is 6.79. The molecule has 0 unspecified atom stereocenters. The van der Waals surface area contributed by atoms with Gasteiger partial charge in [0.25, 0.3) is 11.8 Å². The summed E-state index contributed by atoms with van der Waals surface area (Å²) < 4.78 is 4.69. The first-order valence-electron chi connectivity index (χ1n) is 7.36. The Morgan fingerprint density at radius 3 is 2.79 bits per heavy atom. The minimum Gasteiger partial charge on any atom is -0.465 e. The summed E-state index contributed by atoms with van der Waals surface area (Å²) in [5.41, 5.74) is 1.05. The van der Waals surface area contributed by atoms with Crippen molar-refractivity contribution in [1.29, 1.82) is 0 Å². The fourth-order valence-corrected chi connectivity index (χ4v) is 3.35. The number of benzene rings is 1. The normalized spacial score (nSPS) is 13.5. The van der Waals surface area contributed by atoms with Gasteiger partial charge in [0.15, 0.2) is 5.13 Å². The molecule has 3 rings (SSSR count). The van der Waals surface area contributed by atoms with Crippen LogP contribution in [0.15, 0.2) is 24.3 Å². The average molecular weight is 345 g/mol. The highest BCUT2D eigenvalue weighted by Crippen LogP contribution is 2.26. The van der Waals surface area contributed by atoms with Gasteiger partial charge in [-0.05, 0) is 25.0 Å². The Balaban J connectivity index is 1.85. The van der Waals surface area contributed by atoms with Crippen LogP contribution >= 0.6 is 11.3 Å². The number of aryl methyl sites for hydroxylation is 1. The molecule has 7 nitrogen and oxygen atoms in total. The van der Waals surface area contributed by atoms with Gasteiger partial charge in [0.1, 0.15) is 4.88 Å². The summed E-state index contributed by atoms with van der Waals surface area (Å²) in [5, 5.41) is 5.78. The number of thiazole rings is 1. The molecule has 8 heteroatoms. The fourth-order valence-electron chi connectivity index (χ4n) is 2.42. The number of aromatic nitrogens is 1. The summed E-state index contributed by atoms with van der Waals surface area (Å²) >= 11 is 1.13. The van der Waals surface area contributed by atoms with Crippen molar-refractivity contribution < 1.29 is 19.1 Å². The number of rotatable bonds is 3. The van der Waals surface area contributed by atoms with Crippen LogP contribution in [0.25, 0.3) is 0 Å². The zero-order valence-corrected chi connectivity index (χ0v) is 13.7. The number of fused-ring (bicyclic) bond motifs is 1. The smallest absolute Gasteiger partial charge is 0.338 e. The number of methoxy groups -OCH3 is 1. The number of nitrogens with zero attached hydrogens (tertiary/aromatic N) is 1. The Morgan fingerprint density at radius 2 is 2.04 bits per heavy atom. The summed E-state index contributed by atoms with van der Waals surface area (Å²) in [5.74, 6) is -1.23. The largest absolute Gasteiger partial charge is 0.465 e. The predicted octanol–water partition coefficient (Wildman–Crippen LogP) is 1.86. The number of nitrogens with one attached hydrogen (secondary N) is 2. The molecule has 1 aromatic heterocycles. The second-order valence-corrected chi connectivity index (χ2v) is 6.14. The number of ether oxygens (including phenoxy) is 1. The van der Waals surface area contributed by atoms with Crippen LogP contribution in [0.5, 0.6) is 0 Å². The van der Waals surface area contributed by atoms with Crippen LogP contribution in [0.4, 0.5) is 5.13 Å². The van der Waals surface area contributed by atoms with E-state index in [0.717, 1.165) is 17.8 Å². The molecule has 24 heavy (non-hydrogen) atoms. The summed E-state index contributed by atoms with van der Waals surface area (Å²) in [6.07, 6.45) is 1.49. The molecule has 0 aliphatic carbocycles. The third-order valence-electron chi connectivity index (χ3n) is 3.58. The van der Waals surface area contributed by atoms with Crippen LogP contribution in [-0.2, 0) is 11.2 Å². The lowest BCUT2D eigenvalue weighted by Crippen LogP contribution is -2.21. The van der Waals surface area contributed by atoms with Crippen molar-refractivity contribution in [3.05, 3.63) is 46.0 Å².